The van der Waals surface area contributed by atoms with Crippen molar-refractivity contribution in [1.82, 2.24) is 30.3 Å². The molecule has 1 saturated heterocycles. The zero-order chi connectivity index (χ0) is 21.2. The molecule has 0 radical (unpaired) electrons. The zero-order valence-corrected chi connectivity index (χ0v) is 18.5. The summed E-state index contributed by atoms with van der Waals surface area (Å²) in [6.07, 6.45) is 2.98. The highest BCUT2D eigenvalue weighted by molar-refractivity contribution is 5.79. The predicted octanol–water partition coefficient (Wildman–Crippen LogP) is 1.82. The average Bonchev–Trinajstić information content (AvgIpc) is 3.20. The highest BCUT2D eigenvalue weighted by atomic mass is 16.5. The molecule has 8 nitrogen and oxygen atoms in total. The van der Waals surface area contributed by atoms with Crippen LogP contribution in [0, 0.1) is 0 Å². The summed E-state index contributed by atoms with van der Waals surface area (Å²) in [4.78, 5) is 7.22. The Labute approximate surface area is 179 Å². The summed E-state index contributed by atoms with van der Waals surface area (Å²) in [5.74, 6) is 1.83. The van der Waals surface area contributed by atoms with Crippen LogP contribution in [0.3, 0.4) is 0 Å². The number of hydrogen-bond acceptors (Lipinski definition) is 5. The first kappa shape index (κ1) is 22.2. The molecule has 0 saturated carbocycles. The second kappa shape index (κ2) is 11.7. The van der Waals surface area contributed by atoms with E-state index in [2.05, 4.69) is 75.3 Å². The normalized spacial score (nSPS) is 17.8. The third-order valence-electron chi connectivity index (χ3n) is 5.14. The molecule has 8 heteroatoms. The average molecular weight is 414 g/mol. The van der Waals surface area contributed by atoms with Gasteiger partial charge >= 0.3 is 0 Å². The van der Waals surface area contributed by atoms with E-state index in [0.717, 1.165) is 64.1 Å². The Morgan fingerprint density at radius 3 is 2.93 bits per heavy atom. The van der Waals surface area contributed by atoms with Crippen LogP contribution in [0.25, 0.3) is 0 Å². The van der Waals surface area contributed by atoms with Crippen LogP contribution in [-0.4, -0.2) is 64.5 Å². The van der Waals surface area contributed by atoms with Gasteiger partial charge in [0, 0.05) is 45.7 Å². The molecule has 1 aliphatic rings. The number of rotatable bonds is 9. The minimum atomic E-state index is 0.312. The summed E-state index contributed by atoms with van der Waals surface area (Å²) < 4.78 is 7.72. The Hall–Kier alpha value is -2.45. The van der Waals surface area contributed by atoms with Gasteiger partial charge in [0.1, 0.15) is 12.2 Å². The molecule has 30 heavy (non-hydrogen) atoms. The van der Waals surface area contributed by atoms with E-state index in [1.807, 2.05) is 0 Å². The van der Waals surface area contributed by atoms with Crippen LogP contribution in [-0.2, 0) is 30.8 Å². The van der Waals surface area contributed by atoms with E-state index in [1.165, 1.54) is 11.1 Å². The Bertz CT molecular complexity index is 804. The number of nitrogens with zero attached hydrogens (tertiary/aromatic N) is 5. The van der Waals surface area contributed by atoms with Gasteiger partial charge in [-0.3, -0.25) is 4.90 Å². The molecule has 0 bridgehead atoms. The van der Waals surface area contributed by atoms with Gasteiger partial charge in [0.15, 0.2) is 5.96 Å². The number of nitrogens with one attached hydrogen (secondary N) is 2. The lowest BCUT2D eigenvalue weighted by molar-refractivity contribution is -0.0212. The monoisotopic (exact) mass is 413 g/mol. The fourth-order valence-electron chi connectivity index (χ4n) is 3.67. The van der Waals surface area contributed by atoms with E-state index in [1.54, 1.807) is 6.33 Å². The summed E-state index contributed by atoms with van der Waals surface area (Å²) in [5.41, 5.74) is 2.55. The number of benzene rings is 1. The van der Waals surface area contributed by atoms with Crippen molar-refractivity contribution in [2.45, 2.75) is 52.9 Å². The first-order valence-corrected chi connectivity index (χ1v) is 11.0. The second-order valence-corrected chi connectivity index (χ2v) is 7.65. The lowest BCUT2D eigenvalue weighted by Crippen LogP contribution is -2.40. The summed E-state index contributed by atoms with van der Waals surface area (Å²) in [6.45, 7) is 13.1. The van der Waals surface area contributed by atoms with Crippen molar-refractivity contribution in [3.8, 4) is 0 Å². The third-order valence-corrected chi connectivity index (χ3v) is 5.14. The van der Waals surface area contributed by atoms with Crippen LogP contribution in [0.5, 0.6) is 0 Å². The molecule has 1 aromatic heterocycles. The summed E-state index contributed by atoms with van der Waals surface area (Å²) in [7, 11) is 0. The molecular weight excluding hydrogens is 378 g/mol. The molecule has 0 aliphatic carbocycles. The lowest BCUT2D eigenvalue weighted by Gasteiger charge is -2.31. The van der Waals surface area contributed by atoms with Crippen molar-refractivity contribution < 1.29 is 4.74 Å². The van der Waals surface area contributed by atoms with Crippen molar-refractivity contribution in [3.63, 3.8) is 0 Å². The molecule has 3 rings (SSSR count). The molecule has 1 aromatic carbocycles. The fourth-order valence-corrected chi connectivity index (χ4v) is 3.67. The van der Waals surface area contributed by atoms with Crippen molar-refractivity contribution in [1.29, 1.82) is 0 Å². The highest BCUT2D eigenvalue weighted by Gasteiger charge is 2.16. The quantitative estimate of drug-likeness (QED) is 0.482. The molecule has 2 heterocycles. The zero-order valence-electron chi connectivity index (χ0n) is 18.5. The van der Waals surface area contributed by atoms with Gasteiger partial charge in [-0.05, 0) is 25.0 Å². The molecule has 2 aromatic rings. The maximum atomic E-state index is 5.64. The SMILES string of the molecule is CCNC(=NCc1cccc(CN2CCOC(C)C2)c1)NCCn1cnnc1CC. The third kappa shape index (κ3) is 6.81. The molecule has 164 valence electrons. The summed E-state index contributed by atoms with van der Waals surface area (Å²) in [6, 6.07) is 8.73. The number of aromatic nitrogens is 3. The number of morpholine rings is 1. The number of aryl methyl sites for hydroxylation is 1. The topological polar surface area (TPSA) is 79.6 Å². The summed E-state index contributed by atoms with van der Waals surface area (Å²) >= 11 is 0. The van der Waals surface area contributed by atoms with Gasteiger partial charge in [-0.1, -0.05) is 31.2 Å². The first-order valence-electron chi connectivity index (χ1n) is 11.0. The lowest BCUT2D eigenvalue weighted by atomic mass is 10.1. The van der Waals surface area contributed by atoms with Crippen LogP contribution >= 0.6 is 0 Å². The number of hydrogen-bond donors (Lipinski definition) is 2. The minimum absolute atomic E-state index is 0.312. The Balaban J connectivity index is 1.53. The van der Waals surface area contributed by atoms with Gasteiger partial charge in [-0.25, -0.2) is 4.99 Å². The number of ether oxygens (including phenoxy) is 1. The molecule has 0 amide bonds. The molecule has 1 atom stereocenters. The van der Waals surface area contributed by atoms with Crippen LogP contribution in [0.15, 0.2) is 35.6 Å². The van der Waals surface area contributed by atoms with E-state index < -0.39 is 0 Å². The predicted molar refractivity (Wildman–Crippen MR) is 119 cm³/mol. The van der Waals surface area contributed by atoms with E-state index in [4.69, 9.17) is 9.73 Å². The van der Waals surface area contributed by atoms with Gasteiger partial charge in [0.2, 0.25) is 0 Å². The number of guanidine groups is 1. The van der Waals surface area contributed by atoms with E-state index in [-0.39, 0.29) is 0 Å². The first-order chi connectivity index (χ1) is 14.7. The fraction of sp³-hybridized carbons (Fsp3) is 0.591. The molecule has 0 spiro atoms. The van der Waals surface area contributed by atoms with Crippen LogP contribution in [0.4, 0.5) is 0 Å². The van der Waals surface area contributed by atoms with Crippen LogP contribution in [0.2, 0.25) is 0 Å². The smallest absolute Gasteiger partial charge is 0.191 e. The number of aliphatic imine (C=N–C) groups is 1. The van der Waals surface area contributed by atoms with Crippen LogP contribution in [0.1, 0.15) is 37.7 Å². The van der Waals surface area contributed by atoms with Gasteiger partial charge in [0.25, 0.3) is 0 Å². The van der Waals surface area contributed by atoms with Crippen molar-refractivity contribution >= 4 is 5.96 Å². The Morgan fingerprint density at radius 2 is 2.13 bits per heavy atom. The van der Waals surface area contributed by atoms with Crippen LogP contribution < -0.4 is 10.6 Å². The van der Waals surface area contributed by atoms with Crippen molar-refractivity contribution in [2.75, 3.05) is 32.8 Å². The second-order valence-electron chi connectivity index (χ2n) is 7.65. The minimum Gasteiger partial charge on any atom is -0.376 e. The summed E-state index contributed by atoms with van der Waals surface area (Å²) in [5, 5.41) is 14.8. The van der Waals surface area contributed by atoms with E-state index in [9.17, 15) is 0 Å². The standard InChI is InChI=1S/C22H35N7O/c1-4-21-27-26-17-29(21)10-9-24-22(23-5-2)25-14-19-7-6-8-20(13-19)16-28-11-12-30-18(3)15-28/h6-8,13,17-18H,4-5,9-12,14-16H2,1-3H3,(H2,23,24,25). The van der Waals surface area contributed by atoms with E-state index >= 15 is 0 Å². The largest absolute Gasteiger partial charge is 0.376 e. The van der Waals surface area contributed by atoms with Gasteiger partial charge < -0.3 is 19.9 Å². The molecular formula is C22H35N7O. The molecule has 1 fully saturated rings. The Morgan fingerprint density at radius 1 is 1.27 bits per heavy atom. The van der Waals surface area contributed by atoms with Crippen molar-refractivity contribution in [3.05, 3.63) is 47.5 Å². The van der Waals surface area contributed by atoms with Gasteiger partial charge in [0.05, 0.1) is 19.3 Å². The Kier molecular flexibility index (Phi) is 8.65. The van der Waals surface area contributed by atoms with E-state index in [0.29, 0.717) is 12.6 Å². The maximum Gasteiger partial charge on any atom is 0.191 e. The van der Waals surface area contributed by atoms with Gasteiger partial charge in [-0.15, -0.1) is 10.2 Å². The molecule has 2 N–H and O–H groups in total. The molecule has 1 aliphatic heterocycles. The highest BCUT2D eigenvalue weighted by Crippen LogP contribution is 2.12. The van der Waals surface area contributed by atoms with Gasteiger partial charge in [-0.2, -0.15) is 0 Å². The van der Waals surface area contributed by atoms with Crippen molar-refractivity contribution in [2.24, 2.45) is 4.99 Å². The molecule has 1 unspecified atom stereocenters. The maximum absolute atomic E-state index is 5.64.